The molecule has 0 aromatic carbocycles. The maximum atomic E-state index is 8.88. The summed E-state index contributed by atoms with van der Waals surface area (Å²) in [4.78, 5) is 21.6. The van der Waals surface area contributed by atoms with Gasteiger partial charge in [-0.25, -0.2) is 4.57 Å². The van der Waals surface area contributed by atoms with Crippen molar-refractivity contribution >= 4 is 19.4 Å². The van der Waals surface area contributed by atoms with Crippen molar-refractivity contribution in [2.45, 2.75) is 19.8 Å². The zero-order valence-electron chi connectivity index (χ0n) is 7.70. The molecule has 0 atom stereocenters. The summed E-state index contributed by atoms with van der Waals surface area (Å²) in [6.07, 6.45) is 2.37. The molecule has 0 spiro atoms. The van der Waals surface area contributed by atoms with Crippen LogP contribution in [0.4, 0.5) is 0 Å². The Morgan fingerprint density at radius 3 is 1.73 bits per heavy atom. The van der Waals surface area contributed by atoms with Crippen LogP contribution < -0.4 is 29.6 Å². The van der Waals surface area contributed by atoms with Crippen LogP contribution in [-0.4, -0.2) is 20.6 Å². The first-order valence-corrected chi connectivity index (χ1v) is 4.86. The Kier molecular flexibility index (Phi) is 18.9. The average Bonchev–Trinajstić information content (AvgIpc) is 1.63. The number of alkyl halides is 1. The van der Waals surface area contributed by atoms with Crippen LogP contribution in [0.5, 0.6) is 0 Å². The molecule has 66 valence electrons. The summed E-state index contributed by atoms with van der Waals surface area (Å²) >= 11 is 5.30. The van der Waals surface area contributed by atoms with Crippen LogP contribution in [0.3, 0.4) is 0 Å². The molecule has 0 aromatic rings. The van der Waals surface area contributed by atoms with E-state index in [1.165, 1.54) is 6.42 Å². The van der Waals surface area contributed by atoms with Crippen molar-refractivity contribution in [3.8, 4) is 0 Å². The van der Waals surface area contributed by atoms with Crippen molar-refractivity contribution in [2.24, 2.45) is 0 Å². The van der Waals surface area contributed by atoms with Crippen LogP contribution in [0, 0.1) is 0 Å². The predicted molar refractivity (Wildman–Crippen MR) is 41.0 cm³/mol. The van der Waals surface area contributed by atoms with Crippen LogP contribution in [0.15, 0.2) is 0 Å². The second-order valence-corrected chi connectivity index (χ2v) is 2.96. The van der Waals surface area contributed by atoms with E-state index in [-0.39, 0.29) is 31.0 Å². The van der Waals surface area contributed by atoms with E-state index in [0.717, 1.165) is 12.3 Å². The third kappa shape index (κ3) is 87.1. The van der Waals surface area contributed by atoms with Gasteiger partial charge in [-0.2, -0.15) is 0 Å². The Hall–Kier alpha value is 1.40. The standard InChI is InChI=1S/C4H9Cl.Na.H3O4P.H/c1-2-3-4-5;;1-5(2,3)4;/h2-4H2,1H3;;(H3,1,2,3,4);/q;+1;;-1. The minimum atomic E-state index is -4.64. The molecule has 11 heavy (non-hydrogen) atoms. The molecule has 7 heteroatoms. The first kappa shape index (κ1) is 18.2. The normalized spacial score (nSPS) is 9.18. The van der Waals surface area contributed by atoms with Gasteiger partial charge in [-0.1, -0.05) is 13.3 Å². The molecule has 0 amide bonds. The van der Waals surface area contributed by atoms with Gasteiger partial charge in [0.1, 0.15) is 0 Å². The van der Waals surface area contributed by atoms with Gasteiger partial charge >= 0.3 is 37.4 Å². The predicted octanol–water partition coefficient (Wildman–Crippen LogP) is -1.79. The topological polar surface area (TPSA) is 77.8 Å². The first-order chi connectivity index (χ1) is 4.41. The van der Waals surface area contributed by atoms with Gasteiger partial charge in [-0.15, -0.1) is 11.6 Å². The fourth-order valence-electron chi connectivity index (χ4n) is 0.134. The largest absolute Gasteiger partial charge is 1.00 e. The Balaban J connectivity index is -0.0000000457. The third-order valence-corrected chi connectivity index (χ3v) is 0.754. The Bertz CT molecular complexity index is 101. The summed E-state index contributed by atoms with van der Waals surface area (Å²) in [5.74, 6) is 0.816. The van der Waals surface area contributed by atoms with Gasteiger partial charge in [0, 0.05) is 5.88 Å². The average molecular weight is 215 g/mol. The van der Waals surface area contributed by atoms with Gasteiger partial charge in [0.05, 0.1) is 0 Å². The van der Waals surface area contributed by atoms with Gasteiger partial charge in [0.2, 0.25) is 0 Å². The van der Waals surface area contributed by atoms with Gasteiger partial charge in [0.15, 0.2) is 0 Å². The number of hydrogen-bond acceptors (Lipinski definition) is 1. The molecule has 0 aliphatic carbocycles. The Labute approximate surface area is 95.0 Å². The van der Waals surface area contributed by atoms with E-state index in [0.29, 0.717) is 0 Å². The Morgan fingerprint density at radius 2 is 1.73 bits per heavy atom. The monoisotopic (exact) mass is 214 g/mol. The third-order valence-electron chi connectivity index (χ3n) is 0.487. The van der Waals surface area contributed by atoms with Crippen LogP contribution in [0.1, 0.15) is 21.2 Å². The minimum Gasteiger partial charge on any atom is -1.00 e. The molecule has 0 aromatic heterocycles. The fourth-order valence-corrected chi connectivity index (χ4v) is 0.401. The molecule has 0 rings (SSSR count). The van der Waals surface area contributed by atoms with E-state index in [1.807, 2.05) is 0 Å². The number of halogens is 1. The second-order valence-electron chi connectivity index (χ2n) is 1.56. The molecule has 0 unspecified atom stereocenters. The summed E-state index contributed by atoms with van der Waals surface area (Å²) in [6, 6.07) is 0. The van der Waals surface area contributed by atoms with E-state index in [9.17, 15) is 0 Å². The number of unbranched alkanes of at least 4 members (excludes halogenated alkanes) is 1. The van der Waals surface area contributed by atoms with E-state index in [4.69, 9.17) is 30.8 Å². The number of rotatable bonds is 2. The maximum Gasteiger partial charge on any atom is 1.00 e. The van der Waals surface area contributed by atoms with Crippen LogP contribution in [0.25, 0.3) is 0 Å². The van der Waals surface area contributed by atoms with Crippen molar-refractivity contribution in [1.82, 2.24) is 0 Å². The van der Waals surface area contributed by atoms with Gasteiger partial charge < -0.3 is 16.1 Å². The summed E-state index contributed by atoms with van der Waals surface area (Å²) < 4.78 is 8.88. The van der Waals surface area contributed by atoms with Crippen molar-refractivity contribution in [3.63, 3.8) is 0 Å². The van der Waals surface area contributed by atoms with Crippen molar-refractivity contribution in [3.05, 3.63) is 0 Å². The quantitative estimate of drug-likeness (QED) is 0.288. The van der Waals surface area contributed by atoms with E-state index in [1.54, 1.807) is 0 Å². The summed E-state index contributed by atoms with van der Waals surface area (Å²) in [7, 11) is -4.64. The van der Waals surface area contributed by atoms with Crippen molar-refractivity contribution in [1.29, 1.82) is 0 Å². The molecule has 0 bridgehead atoms. The molecule has 0 aliphatic rings. The summed E-state index contributed by atoms with van der Waals surface area (Å²) in [5.41, 5.74) is 0. The van der Waals surface area contributed by atoms with Crippen molar-refractivity contribution < 1.29 is 50.2 Å². The molecular formula is C4H13ClNaO4P. The molecule has 0 heterocycles. The molecule has 0 saturated heterocycles. The van der Waals surface area contributed by atoms with Crippen LogP contribution in [0.2, 0.25) is 0 Å². The minimum absolute atomic E-state index is 0. The maximum absolute atomic E-state index is 8.88. The van der Waals surface area contributed by atoms with Crippen LogP contribution >= 0.6 is 19.4 Å². The molecule has 3 N–H and O–H groups in total. The van der Waals surface area contributed by atoms with Crippen molar-refractivity contribution in [2.75, 3.05) is 5.88 Å². The molecule has 4 nitrogen and oxygen atoms in total. The molecular weight excluding hydrogens is 201 g/mol. The molecule has 0 aliphatic heterocycles. The summed E-state index contributed by atoms with van der Waals surface area (Å²) in [5, 5.41) is 0. The zero-order chi connectivity index (χ0) is 8.62. The number of hydrogen-bond donors (Lipinski definition) is 3. The molecule has 0 radical (unpaired) electrons. The Morgan fingerprint density at radius 1 is 1.45 bits per heavy atom. The van der Waals surface area contributed by atoms with Crippen LogP contribution in [-0.2, 0) is 4.57 Å². The first-order valence-electron chi connectivity index (χ1n) is 2.76. The van der Waals surface area contributed by atoms with E-state index < -0.39 is 7.82 Å². The van der Waals surface area contributed by atoms with Gasteiger partial charge in [-0.3, -0.25) is 0 Å². The smallest absolute Gasteiger partial charge is 1.00 e. The van der Waals surface area contributed by atoms with E-state index in [2.05, 4.69) is 6.92 Å². The van der Waals surface area contributed by atoms with Gasteiger partial charge in [0.25, 0.3) is 0 Å². The van der Waals surface area contributed by atoms with E-state index >= 15 is 0 Å². The zero-order valence-corrected chi connectivity index (χ0v) is 10.3. The SMILES string of the molecule is CCCCCl.O=P(O)(O)O.[H-].[Na+]. The molecule has 0 fully saturated rings. The van der Waals surface area contributed by atoms with Gasteiger partial charge in [-0.05, 0) is 6.42 Å². The second kappa shape index (κ2) is 11.4. The summed E-state index contributed by atoms with van der Waals surface area (Å²) in [6.45, 7) is 2.13. The molecule has 0 saturated carbocycles. The number of phosphoric acid groups is 1. The fraction of sp³-hybridized carbons (Fsp3) is 1.00.